The van der Waals surface area contributed by atoms with Crippen LogP contribution in [0.2, 0.25) is 5.02 Å². The minimum atomic E-state index is -1.60. The number of nitrogens with one attached hydrogen (secondary N) is 1. The molecule has 0 fully saturated rings. The molecule has 0 aliphatic rings. The molecule has 1 aromatic rings. The van der Waals surface area contributed by atoms with Gasteiger partial charge in [0.05, 0.1) is 10.6 Å². The quantitative estimate of drug-likeness (QED) is 0.658. The van der Waals surface area contributed by atoms with E-state index in [0.29, 0.717) is 6.54 Å². The van der Waals surface area contributed by atoms with Gasteiger partial charge in [-0.1, -0.05) is 24.6 Å². The molecule has 0 atom stereocenters. The smallest absolute Gasteiger partial charge is 0.423 e. The first-order chi connectivity index (χ1) is 7.56. The van der Waals surface area contributed by atoms with E-state index in [1.54, 1.807) is 0 Å². The topological polar surface area (TPSA) is 69.6 Å². The van der Waals surface area contributed by atoms with E-state index in [2.05, 4.69) is 5.32 Å². The van der Waals surface area contributed by atoms with E-state index in [4.69, 9.17) is 21.6 Å². The molecule has 3 N–H and O–H groups in total. The minimum absolute atomic E-state index is 0.242. The van der Waals surface area contributed by atoms with Gasteiger partial charge in [0.25, 0.3) is 5.91 Å². The molecule has 1 rings (SSSR count). The number of rotatable bonds is 4. The van der Waals surface area contributed by atoms with Gasteiger partial charge in [-0.2, -0.15) is 0 Å². The van der Waals surface area contributed by atoms with Crippen molar-refractivity contribution in [3.63, 3.8) is 0 Å². The fourth-order valence-electron chi connectivity index (χ4n) is 1.21. The molecular formula is C10H13BClNO3. The van der Waals surface area contributed by atoms with Gasteiger partial charge >= 0.3 is 7.12 Å². The maximum Gasteiger partial charge on any atom is 0.488 e. The molecule has 0 heterocycles. The molecule has 0 spiro atoms. The standard InChI is InChI=1S/C10H13BClNO3/c1-2-5-13-10(14)8-6-7(11(15)16)3-4-9(8)12/h3-4,6,15-16H,2,5H2,1H3,(H,13,14). The molecule has 0 radical (unpaired) electrons. The Morgan fingerprint density at radius 1 is 1.50 bits per heavy atom. The van der Waals surface area contributed by atoms with Crippen LogP contribution in [0.3, 0.4) is 0 Å². The second-order valence-corrected chi connectivity index (χ2v) is 3.78. The van der Waals surface area contributed by atoms with Gasteiger partial charge in [0.2, 0.25) is 0 Å². The highest BCUT2D eigenvalue weighted by molar-refractivity contribution is 6.58. The van der Waals surface area contributed by atoms with Gasteiger partial charge in [-0.25, -0.2) is 0 Å². The van der Waals surface area contributed by atoms with E-state index in [0.717, 1.165) is 6.42 Å². The Morgan fingerprint density at radius 2 is 2.19 bits per heavy atom. The summed E-state index contributed by atoms with van der Waals surface area (Å²) in [4.78, 5) is 11.6. The highest BCUT2D eigenvalue weighted by Crippen LogP contribution is 2.13. The predicted octanol–water partition coefficient (Wildman–Crippen LogP) is 0.160. The molecule has 0 bridgehead atoms. The highest BCUT2D eigenvalue weighted by Gasteiger charge is 2.16. The minimum Gasteiger partial charge on any atom is -0.423 e. The third-order valence-corrected chi connectivity index (χ3v) is 2.40. The lowest BCUT2D eigenvalue weighted by molar-refractivity contribution is 0.0954. The summed E-state index contributed by atoms with van der Waals surface area (Å²) in [5.74, 6) is -0.311. The maximum absolute atomic E-state index is 11.6. The summed E-state index contributed by atoms with van der Waals surface area (Å²) in [5.41, 5.74) is 0.492. The average molecular weight is 241 g/mol. The molecule has 4 nitrogen and oxygen atoms in total. The zero-order chi connectivity index (χ0) is 12.1. The molecule has 0 saturated carbocycles. The zero-order valence-corrected chi connectivity index (χ0v) is 9.66. The summed E-state index contributed by atoms with van der Waals surface area (Å²) in [5, 5.41) is 20.9. The monoisotopic (exact) mass is 241 g/mol. The lowest BCUT2D eigenvalue weighted by atomic mass is 9.79. The number of carbonyl (C=O) groups is 1. The average Bonchev–Trinajstić information content (AvgIpc) is 2.26. The molecule has 0 aromatic heterocycles. The van der Waals surface area contributed by atoms with Gasteiger partial charge < -0.3 is 15.4 Å². The molecule has 0 aliphatic heterocycles. The van der Waals surface area contributed by atoms with Crippen molar-refractivity contribution in [2.24, 2.45) is 0 Å². The predicted molar refractivity (Wildman–Crippen MR) is 63.9 cm³/mol. The van der Waals surface area contributed by atoms with E-state index in [9.17, 15) is 4.79 Å². The number of carbonyl (C=O) groups excluding carboxylic acids is 1. The van der Waals surface area contributed by atoms with E-state index in [-0.39, 0.29) is 22.0 Å². The van der Waals surface area contributed by atoms with Crippen molar-refractivity contribution < 1.29 is 14.8 Å². The van der Waals surface area contributed by atoms with Crippen molar-refractivity contribution in [3.8, 4) is 0 Å². The Labute approximate surface area is 99.4 Å². The molecule has 6 heteroatoms. The maximum atomic E-state index is 11.6. The first kappa shape index (κ1) is 13.0. The van der Waals surface area contributed by atoms with Crippen LogP contribution in [0.1, 0.15) is 23.7 Å². The first-order valence-corrected chi connectivity index (χ1v) is 5.37. The van der Waals surface area contributed by atoms with Gasteiger partial charge in [-0.05, 0) is 24.0 Å². The van der Waals surface area contributed by atoms with E-state index >= 15 is 0 Å². The third kappa shape index (κ3) is 3.23. The number of hydrogen-bond acceptors (Lipinski definition) is 3. The summed E-state index contributed by atoms with van der Waals surface area (Å²) in [7, 11) is -1.60. The molecule has 1 aromatic carbocycles. The van der Waals surface area contributed by atoms with Crippen molar-refractivity contribution in [1.82, 2.24) is 5.32 Å². The van der Waals surface area contributed by atoms with Crippen LogP contribution in [0.15, 0.2) is 18.2 Å². The van der Waals surface area contributed by atoms with Crippen LogP contribution in [0.25, 0.3) is 0 Å². The molecule has 86 valence electrons. The van der Waals surface area contributed by atoms with Crippen molar-refractivity contribution in [1.29, 1.82) is 0 Å². The van der Waals surface area contributed by atoms with E-state index in [1.807, 2.05) is 6.92 Å². The Morgan fingerprint density at radius 3 is 2.75 bits per heavy atom. The van der Waals surface area contributed by atoms with E-state index < -0.39 is 7.12 Å². The zero-order valence-electron chi connectivity index (χ0n) is 8.90. The normalized spacial score (nSPS) is 10.0. The van der Waals surface area contributed by atoms with Crippen LogP contribution >= 0.6 is 11.6 Å². The van der Waals surface area contributed by atoms with Crippen LogP contribution in [-0.4, -0.2) is 29.6 Å². The summed E-state index contributed by atoms with van der Waals surface area (Å²) in [6, 6.07) is 4.30. The fraction of sp³-hybridized carbons (Fsp3) is 0.300. The van der Waals surface area contributed by atoms with Crippen molar-refractivity contribution in [3.05, 3.63) is 28.8 Å². The Hall–Kier alpha value is -1.04. The first-order valence-electron chi connectivity index (χ1n) is 5.00. The van der Waals surface area contributed by atoms with Gasteiger partial charge in [-0.15, -0.1) is 0 Å². The molecule has 0 saturated heterocycles. The number of halogens is 1. The summed E-state index contributed by atoms with van der Waals surface area (Å²) < 4.78 is 0. The Bertz CT molecular complexity index is 384. The lowest BCUT2D eigenvalue weighted by Gasteiger charge is -2.07. The van der Waals surface area contributed by atoms with Crippen LogP contribution in [0, 0.1) is 0 Å². The van der Waals surface area contributed by atoms with E-state index in [1.165, 1.54) is 18.2 Å². The molecule has 0 aliphatic carbocycles. The van der Waals surface area contributed by atoms with Crippen LogP contribution in [0.4, 0.5) is 0 Å². The van der Waals surface area contributed by atoms with Gasteiger partial charge in [-0.3, -0.25) is 4.79 Å². The van der Waals surface area contributed by atoms with Crippen molar-refractivity contribution >= 4 is 30.1 Å². The summed E-state index contributed by atoms with van der Waals surface area (Å²) in [6.07, 6.45) is 0.825. The molecule has 1 amide bonds. The number of benzene rings is 1. The molecular weight excluding hydrogens is 228 g/mol. The lowest BCUT2D eigenvalue weighted by Crippen LogP contribution is -2.32. The van der Waals surface area contributed by atoms with Crippen LogP contribution in [-0.2, 0) is 0 Å². The third-order valence-electron chi connectivity index (χ3n) is 2.07. The van der Waals surface area contributed by atoms with Crippen LogP contribution in [0.5, 0.6) is 0 Å². The second-order valence-electron chi connectivity index (χ2n) is 3.37. The number of amides is 1. The Balaban J connectivity index is 2.93. The summed E-state index contributed by atoms with van der Waals surface area (Å²) >= 11 is 5.85. The fourth-order valence-corrected chi connectivity index (χ4v) is 1.41. The SMILES string of the molecule is CCCNC(=O)c1cc(B(O)O)ccc1Cl. The number of hydrogen-bond donors (Lipinski definition) is 3. The van der Waals surface area contributed by atoms with Crippen molar-refractivity contribution in [2.75, 3.05) is 6.54 Å². The van der Waals surface area contributed by atoms with Gasteiger partial charge in [0.1, 0.15) is 0 Å². The highest BCUT2D eigenvalue weighted by atomic mass is 35.5. The molecule has 0 unspecified atom stereocenters. The Kier molecular flexibility index (Phi) is 4.80. The van der Waals surface area contributed by atoms with Gasteiger partial charge in [0.15, 0.2) is 0 Å². The van der Waals surface area contributed by atoms with Crippen molar-refractivity contribution in [2.45, 2.75) is 13.3 Å². The van der Waals surface area contributed by atoms with Gasteiger partial charge in [0, 0.05) is 6.54 Å². The summed E-state index contributed by atoms with van der Waals surface area (Å²) in [6.45, 7) is 2.50. The molecule has 16 heavy (non-hydrogen) atoms. The largest absolute Gasteiger partial charge is 0.488 e. The van der Waals surface area contributed by atoms with Crippen LogP contribution < -0.4 is 10.8 Å². The second kappa shape index (κ2) is 5.89.